The number of likely N-dealkylation sites (tertiary alicyclic amines) is 1. The van der Waals surface area contributed by atoms with Crippen molar-refractivity contribution in [3.05, 3.63) is 29.8 Å². The van der Waals surface area contributed by atoms with E-state index in [4.69, 9.17) is 4.74 Å². The average Bonchev–Trinajstić information content (AvgIpc) is 2.96. The van der Waals surface area contributed by atoms with E-state index in [1.807, 2.05) is 6.92 Å². The number of hydrogen-bond donors (Lipinski definition) is 1. The van der Waals surface area contributed by atoms with Crippen LogP contribution in [-0.2, 0) is 0 Å². The molecule has 1 aliphatic heterocycles. The predicted octanol–water partition coefficient (Wildman–Crippen LogP) is 3.22. The fourth-order valence-corrected chi connectivity index (χ4v) is 3.33. The number of likely N-dealkylation sites (N-methyl/N-ethyl adjacent to an activating group) is 1. The summed E-state index contributed by atoms with van der Waals surface area (Å²) in [6.45, 7) is 9.84. The highest BCUT2D eigenvalue weighted by Gasteiger charge is 2.36. The molecular weight excluding hydrogens is 248 g/mol. The minimum Gasteiger partial charge on any atom is -0.494 e. The van der Waals surface area contributed by atoms with Crippen LogP contribution in [0.25, 0.3) is 0 Å². The third kappa shape index (κ3) is 3.15. The fourth-order valence-electron chi connectivity index (χ4n) is 3.33. The van der Waals surface area contributed by atoms with Crippen molar-refractivity contribution < 1.29 is 4.74 Å². The number of nitrogens with one attached hydrogen (secondary N) is 1. The molecule has 112 valence electrons. The lowest BCUT2D eigenvalue weighted by molar-refractivity contribution is 0.110. The minimum absolute atomic E-state index is 0.123. The molecular formula is C17H28N2O. The molecule has 1 saturated heterocycles. The quantitative estimate of drug-likeness (QED) is 0.863. The summed E-state index contributed by atoms with van der Waals surface area (Å²) in [7, 11) is 2.05. The maximum Gasteiger partial charge on any atom is 0.119 e. The second-order valence-electron chi connectivity index (χ2n) is 6.07. The summed E-state index contributed by atoms with van der Waals surface area (Å²) in [5.74, 6) is 0.949. The van der Waals surface area contributed by atoms with E-state index in [9.17, 15) is 0 Å². The SMILES string of the molecule is CCOc1ccc(C(NC)C(C)(C)N2CCCC2)cc1. The molecule has 1 atom stereocenters. The molecule has 1 unspecified atom stereocenters. The summed E-state index contributed by atoms with van der Waals surface area (Å²) in [5, 5.41) is 3.50. The van der Waals surface area contributed by atoms with Gasteiger partial charge in [-0.05, 0) is 71.4 Å². The summed E-state index contributed by atoms with van der Waals surface area (Å²) in [5.41, 5.74) is 1.45. The van der Waals surface area contributed by atoms with Gasteiger partial charge in [-0.2, -0.15) is 0 Å². The number of nitrogens with zero attached hydrogens (tertiary/aromatic N) is 1. The van der Waals surface area contributed by atoms with E-state index in [-0.39, 0.29) is 5.54 Å². The first-order valence-corrected chi connectivity index (χ1v) is 7.74. The van der Waals surface area contributed by atoms with E-state index in [1.165, 1.54) is 31.5 Å². The third-order valence-electron chi connectivity index (χ3n) is 4.44. The van der Waals surface area contributed by atoms with E-state index in [2.05, 4.69) is 55.4 Å². The molecule has 0 radical (unpaired) electrons. The summed E-state index contributed by atoms with van der Waals surface area (Å²) < 4.78 is 5.53. The van der Waals surface area contributed by atoms with Crippen molar-refractivity contribution in [2.24, 2.45) is 0 Å². The molecule has 1 aromatic rings. The predicted molar refractivity (Wildman–Crippen MR) is 84.3 cm³/mol. The maximum absolute atomic E-state index is 5.53. The van der Waals surface area contributed by atoms with Crippen LogP contribution in [0, 0.1) is 0 Å². The lowest BCUT2D eigenvalue weighted by Gasteiger charge is -2.42. The summed E-state index contributed by atoms with van der Waals surface area (Å²) in [6.07, 6.45) is 2.65. The number of rotatable bonds is 6. The molecule has 3 heteroatoms. The Labute approximate surface area is 123 Å². The minimum atomic E-state index is 0.123. The van der Waals surface area contributed by atoms with Crippen LogP contribution in [0.4, 0.5) is 0 Å². The zero-order valence-electron chi connectivity index (χ0n) is 13.3. The molecule has 20 heavy (non-hydrogen) atoms. The van der Waals surface area contributed by atoms with Crippen LogP contribution in [0.1, 0.15) is 45.2 Å². The van der Waals surface area contributed by atoms with Crippen molar-refractivity contribution in [3.63, 3.8) is 0 Å². The molecule has 1 heterocycles. The van der Waals surface area contributed by atoms with Crippen molar-refractivity contribution in [2.75, 3.05) is 26.7 Å². The smallest absolute Gasteiger partial charge is 0.119 e. The Hall–Kier alpha value is -1.06. The molecule has 0 aliphatic carbocycles. The summed E-state index contributed by atoms with van der Waals surface area (Å²) >= 11 is 0. The van der Waals surface area contributed by atoms with E-state index >= 15 is 0 Å². The Balaban J connectivity index is 2.17. The van der Waals surface area contributed by atoms with Crippen molar-refractivity contribution >= 4 is 0 Å². The first-order valence-electron chi connectivity index (χ1n) is 7.74. The van der Waals surface area contributed by atoms with Gasteiger partial charge in [0.15, 0.2) is 0 Å². The highest BCUT2D eigenvalue weighted by atomic mass is 16.5. The van der Waals surface area contributed by atoms with Gasteiger partial charge in [0.2, 0.25) is 0 Å². The van der Waals surface area contributed by atoms with Gasteiger partial charge >= 0.3 is 0 Å². The molecule has 0 bridgehead atoms. The van der Waals surface area contributed by atoms with Crippen LogP contribution in [-0.4, -0.2) is 37.2 Å². The number of hydrogen-bond acceptors (Lipinski definition) is 3. The number of benzene rings is 1. The monoisotopic (exact) mass is 276 g/mol. The largest absolute Gasteiger partial charge is 0.494 e. The molecule has 1 aromatic carbocycles. The van der Waals surface area contributed by atoms with Gasteiger partial charge in [0.05, 0.1) is 6.61 Å². The van der Waals surface area contributed by atoms with Gasteiger partial charge in [-0.15, -0.1) is 0 Å². The van der Waals surface area contributed by atoms with Crippen LogP contribution >= 0.6 is 0 Å². The second kappa shape index (κ2) is 6.59. The van der Waals surface area contributed by atoms with Crippen molar-refractivity contribution in [1.29, 1.82) is 0 Å². The number of ether oxygens (including phenoxy) is 1. The molecule has 0 aromatic heterocycles. The van der Waals surface area contributed by atoms with Gasteiger partial charge in [-0.3, -0.25) is 4.90 Å². The summed E-state index contributed by atoms with van der Waals surface area (Å²) in [6, 6.07) is 8.84. The van der Waals surface area contributed by atoms with Gasteiger partial charge in [0.25, 0.3) is 0 Å². The lowest BCUT2D eigenvalue weighted by atomic mass is 9.87. The molecule has 0 amide bonds. The van der Waals surface area contributed by atoms with Gasteiger partial charge in [0.1, 0.15) is 5.75 Å². The normalized spacial score (nSPS) is 18.2. The van der Waals surface area contributed by atoms with Crippen LogP contribution in [0.2, 0.25) is 0 Å². The molecule has 2 rings (SSSR count). The standard InChI is InChI=1S/C17H28N2O/c1-5-20-15-10-8-14(9-11-15)16(18-4)17(2,3)19-12-6-7-13-19/h8-11,16,18H,5-7,12-13H2,1-4H3. The van der Waals surface area contributed by atoms with Crippen molar-refractivity contribution in [2.45, 2.75) is 45.2 Å². The molecule has 1 aliphatic rings. The topological polar surface area (TPSA) is 24.5 Å². The first kappa shape index (κ1) is 15.3. The van der Waals surface area contributed by atoms with Gasteiger partial charge in [-0.25, -0.2) is 0 Å². The summed E-state index contributed by atoms with van der Waals surface area (Å²) in [4.78, 5) is 2.60. The van der Waals surface area contributed by atoms with Gasteiger partial charge in [0, 0.05) is 11.6 Å². The van der Waals surface area contributed by atoms with E-state index in [0.717, 1.165) is 5.75 Å². The van der Waals surface area contributed by atoms with Gasteiger partial charge in [-0.1, -0.05) is 12.1 Å². The molecule has 1 N–H and O–H groups in total. The van der Waals surface area contributed by atoms with E-state index < -0.39 is 0 Å². The van der Waals surface area contributed by atoms with E-state index in [1.54, 1.807) is 0 Å². The highest BCUT2D eigenvalue weighted by Crippen LogP contribution is 2.33. The first-order chi connectivity index (χ1) is 9.59. The Morgan fingerprint density at radius 2 is 1.80 bits per heavy atom. The van der Waals surface area contributed by atoms with Crippen molar-refractivity contribution in [1.82, 2.24) is 10.2 Å². The molecule has 1 fully saturated rings. The zero-order chi connectivity index (χ0) is 14.6. The maximum atomic E-state index is 5.53. The third-order valence-corrected chi connectivity index (χ3v) is 4.44. The second-order valence-corrected chi connectivity index (χ2v) is 6.07. The Kier molecular flexibility index (Phi) is 5.06. The highest BCUT2D eigenvalue weighted by molar-refractivity contribution is 5.31. The van der Waals surface area contributed by atoms with Crippen LogP contribution in [0.5, 0.6) is 5.75 Å². The molecule has 0 spiro atoms. The van der Waals surface area contributed by atoms with Gasteiger partial charge < -0.3 is 10.1 Å². The molecule has 0 saturated carbocycles. The Morgan fingerprint density at radius 3 is 2.30 bits per heavy atom. The lowest BCUT2D eigenvalue weighted by Crippen LogP contribution is -2.50. The molecule has 3 nitrogen and oxygen atoms in total. The zero-order valence-corrected chi connectivity index (χ0v) is 13.3. The fraction of sp³-hybridized carbons (Fsp3) is 0.647. The van der Waals surface area contributed by atoms with Crippen molar-refractivity contribution in [3.8, 4) is 5.75 Å². The van der Waals surface area contributed by atoms with Crippen LogP contribution in [0.15, 0.2) is 24.3 Å². The Bertz CT molecular complexity index is 408. The average molecular weight is 276 g/mol. The van der Waals surface area contributed by atoms with Crippen LogP contribution < -0.4 is 10.1 Å². The van der Waals surface area contributed by atoms with E-state index in [0.29, 0.717) is 12.6 Å². The Morgan fingerprint density at radius 1 is 1.20 bits per heavy atom. The van der Waals surface area contributed by atoms with Crippen LogP contribution in [0.3, 0.4) is 0 Å².